The molecule has 0 radical (unpaired) electrons. The van der Waals surface area contributed by atoms with Gasteiger partial charge in [-0.05, 0) is 6.54 Å². The molecule has 0 spiro atoms. The topological polar surface area (TPSA) is 64.9 Å². The smallest absolute Gasteiger partial charge is 0.139 e. The minimum atomic E-state index is 0.492. The number of ether oxygens (including phenoxy) is 1. The van der Waals surface area contributed by atoms with Crippen molar-refractivity contribution >= 4 is 11.6 Å². The Labute approximate surface area is 116 Å². The molecule has 2 aromatic rings. The maximum atomic E-state index is 5.82. The molecule has 102 valence electrons. The molecule has 0 aliphatic heterocycles. The highest BCUT2D eigenvalue weighted by atomic mass is 35.5. The molecule has 2 aromatic heterocycles. The van der Waals surface area contributed by atoms with E-state index in [0.717, 1.165) is 18.8 Å². The standard InChI is InChI=1S/C12H16ClN5O/c1-2-14-7-11-9-18(17-16-11)3-4-19-12-5-10(13)6-15-8-12/h5-6,8-9,14H,2-4,7H2,1H3. The van der Waals surface area contributed by atoms with Crippen LogP contribution in [-0.4, -0.2) is 33.1 Å². The molecule has 2 rings (SSSR count). The van der Waals surface area contributed by atoms with Crippen molar-refractivity contribution < 1.29 is 4.74 Å². The highest BCUT2D eigenvalue weighted by Gasteiger charge is 2.01. The number of rotatable bonds is 7. The van der Waals surface area contributed by atoms with Gasteiger partial charge in [0.1, 0.15) is 12.4 Å². The van der Waals surface area contributed by atoms with Gasteiger partial charge in [0.15, 0.2) is 0 Å². The van der Waals surface area contributed by atoms with Crippen LogP contribution >= 0.6 is 11.6 Å². The zero-order chi connectivity index (χ0) is 13.5. The fraction of sp³-hybridized carbons (Fsp3) is 0.417. The number of pyridine rings is 1. The second kappa shape index (κ2) is 7.06. The average Bonchev–Trinajstić information content (AvgIpc) is 2.84. The van der Waals surface area contributed by atoms with Crippen LogP contribution in [0.3, 0.4) is 0 Å². The minimum absolute atomic E-state index is 0.492. The normalized spacial score (nSPS) is 10.6. The molecular weight excluding hydrogens is 266 g/mol. The van der Waals surface area contributed by atoms with E-state index in [1.165, 1.54) is 0 Å². The van der Waals surface area contributed by atoms with Crippen molar-refractivity contribution in [1.82, 2.24) is 25.3 Å². The Hall–Kier alpha value is -1.66. The summed E-state index contributed by atoms with van der Waals surface area (Å²) >= 11 is 5.82. The lowest BCUT2D eigenvalue weighted by molar-refractivity contribution is 0.288. The van der Waals surface area contributed by atoms with Crippen LogP contribution in [0, 0.1) is 0 Å². The molecule has 0 amide bonds. The van der Waals surface area contributed by atoms with Crippen molar-refractivity contribution in [2.45, 2.75) is 20.0 Å². The molecule has 7 heteroatoms. The van der Waals surface area contributed by atoms with E-state index < -0.39 is 0 Å². The van der Waals surface area contributed by atoms with Gasteiger partial charge in [0.2, 0.25) is 0 Å². The van der Waals surface area contributed by atoms with E-state index in [1.807, 2.05) is 6.20 Å². The van der Waals surface area contributed by atoms with Gasteiger partial charge in [0.25, 0.3) is 0 Å². The van der Waals surface area contributed by atoms with Crippen LogP contribution < -0.4 is 10.1 Å². The van der Waals surface area contributed by atoms with E-state index in [-0.39, 0.29) is 0 Å². The van der Waals surface area contributed by atoms with Gasteiger partial charge in [-0.3, -0.25) is 4.98 Å². The van der Waals surface area contributed by atoms with Gasteiger partial charge in [-0.15, -0.1) is 5.10 Å². The summed E-state index contributed by atoms with van der Waals surface area (Å²) < 4.78 is 7.28. The summed E-state index contributed by atoms with van der Waals surface area (Å²) in [5.41, 5.74) is 0.922. The first-order valence-corrected chi connectivity index (χ1v) is 6.49. The summed E-state index contributed by atoms with van der Waals surface area (Å²) in [7, 11) is 0. The molecule has 0 aliphatic carbocycles. The van der Waals surface area contributed by atoms with Crippen molar-refractivity contribution in [3.63, 3.8) is 0 Å². The number of aromatic nitrogens is 4. The molecular formula is C12H16ClN5O. The highest BCUT2D eigenvalue weighted by Crippen LogP contribution is 2.14. The largest absolute Gasteiger partial charge is 0.490 e. The number of hydrogen-bond acceptors (Lipinski definition) is 5. The molecule has 6 nitrogen and oxygen atoms in total. The summed E-state index contributed by atoms with van der Waals surface area (Å²) in [6.07, 6.45) is 5.10. The zero-order valence-corrected chi connectivity index (χ0v) is 11.5. The third-order valence-electron chi connectivity index (χ3n) is 2.41. The van der Waals surface area contributed by atoms with Crippen LogP contribution in [0.2, 0.25) is 5.02 Å². The monoisotopic (exact) mass is 281 g/mol. The van der Waals surface area contributed by atoms with E-state index in [4.69, 9.17) is 16.3 Å². The van der Waals surface area contributed by atoms with Gasteiger partial charge in [0, 0.05) is 25.0 Å². The van der Waals surface area contributed by atoms with E-state index in [2.05, 4.69) is 27.5 Å². The SMILES string of the molecule is CCNCc1cn(CCOc2cncc(Cl)c2)nn1. The Morgan fingerprint density at radius 1 is 1.42 bits per heavy atom. The second-order valence-corrected chi connectivity index (χ2v) is 4.38. The van der Waals surface area contributed by atoms with Crippen LogP contribution in [0.1, 0.15) is 12.6 Å². The van der Waals surface area contributed by atoms with E-state index in [9.17, 15) is 0 Å². The van der Waals surface area contributed by atoms with Crippen LogP contribution in [0.25, 0.3) is 0 Å². The fourth-order valence-electron chi connectivity index (χ4n) is 1.51. The lowest BCUT2D eigenvalue weighted by Crippen LogP contribution is -2.12. The molecule has 0 aliphatic rings. The maximum Gasteiger partial charge on any atom is 0.139 e. The van der Waals surface area contributed by atoms with Crippen molar-refractivity contribution in [1.29, 1.82) is 0 Å². The number of halogens is 1. The molecule has 0 fully saturated rings. The first-order valence-electron chi connectivity index (χ1n) is 6.11. The van der Waals surface area contributed by atoms with Crippen LogP contribution in [0.4, 0.5) is 0 Å². The van der Waals surface area contributed by atoms with Gasteiger partial charge < -0.3 is 10.1 Å². The molecule has 1 N–H and O–H groups in total. The fourth-order valence-corrected chi connectivity index (χ4v) is 1.67. The molecule has 0 saturated heterocycles. The summed E-state index contributed by atoms with van der Waals surface area (Å²) in [5.74, 6) is 0.653. The summed E-state index contributed by atoms with van der Waals surface area (Å²) in [6.45, 7) is 4.82. The van der Waals surface area contributed by atoms with Gasteiger partial charge in [-0.1, -0.05) is 23.7 Å². The van der Waals surface area contributed by atoms with Gasteiger partial charge in [-0.2, -0.15) is 0 Å². The average molecular weight is 282 g/mol. The first kappa shape index (κ1) is 13.8. The predicted molar refractivity (Wildman–Crippen MR) is 72.1 cm³/mol. The van der Waals surface area contributed by atoms with Crippen LogP contribution in [0.5, 0.6) is 5.75 Å². The Kier molecular flexibility index (Phi) is 5.11. The highest BCUT2D eigenvalue weighted by molar-refractivity contribution is 6.30. The maximum absolute atomic E-state index is 5.82. The predicted octanol–water partition coefficient (Wildman–Crippen LogP) is 1.51. The van der Waals surface area contributed by atoms with E-state index in [0.29, 0.717) is 23.9 Å². The molecule has 0 aromatic carbocycles. The van der Waals surface area contributed by atoms with E-state index in [1.54, 1.807) is 23.1 Å². The van der Waals surface area contributed by atoms with Crippen LogP contribution in [0.15, 0.2) is 24.7 Å². The third kappa shape index (κ3) is 4.50. The Morgan fingerprint density at radius 3 is 3.11 bits per heavy atom. The molecule has 0 atom stereocenters. The van der Waals surface area contributed by atoms with Crippen molar-refractivity contribution in [3.8, 4) is 5.75 Å². The Morgan fingerprint density at radius 2 is 2.32 bits per heavy atom. The van der Waals surface area contributed by atoms with E-state index >= 15 is 0 Å². The number of hydrogen-bond donors (Lipinski definition) is 1. The summed E-state index contributed by atoms with van der Waals surface area (Å²) in [6, 6.07) is 1.73. The number of nitrogens with one attached hydrogen (secondary N) is 1. The minimum Gasteiger partial charge on any atom is -0.490 e. The molecule has 2 heterocycles. The first-order chi connectivity index (χ1) is 9.28. The summed E-state index contributed by atoms with van der Waals surface area (Å²) in [4.78, 5) is 3.95. The van der Waals surface area contributed by atoms with Gasteiger partial charge in [-0.25, -0.2) is 4.68 Å². The molecule has 0 bridgehead atoms. The van der Waals surface area contributed by atoms with Crippen molar-refractivity contribution in [2.24, 2.45) is 0 Å². The third-order valence-corrected chi connectivity index (χ3v) is 2.62. The van der Waals surface area contributed by atoms with Crippen LogP contribution in [-0.2, 0) is 13.1 Å². The van der Waals surface area contributed by atoms with Crippen molar-refractivity contribution in [2.75, 3.05) is 13.2 Å². The summed E-state index contributed by atoms with van der Waals surface area (Å²) in [5, 5.41) is 11.8. The molecule has 19 heavy (non-hydrogen) atoms. The molecule has 0 unspecified atom stereocenters. The molecule has 0 saturated carbocycles. The number of nitrogens with zero attached hydrogens (tertiary/aromatic N) is 4. The Balaban J connectivity index is 1.77. The zero-order valence-electron chi connectivity index (χ0n) is 10.7. The lowest BCUT2D eigenvalue weighted by Gasteiger charge is -2.05. The quantitative estimate of drug-likeness (QED) is 0.833. The second-order valence-electron chi connectivity index (χ2n) is 3.94. The Bertz CT molecular complexity index is 516. The lowest BCUT2D eigenvalue weighted by atomic mass is 10.4. The van der Waals surface area contributed by atoms with Gasteiger partial charge in [0.05, 0.1) is 23.5 Å². The van der Waals surface area contributed by atoms with Crippen molar-refractivity contribution in [3.05, 3.63) is 35.4 Å². The van der Waals surface area contributed by atoms with Gasteiger partial charge >= 0.3 is 0 Å².